The third-order valence-electron chi connectivity index (χ3n) is 11.5. The zero-order chi connectivity index (χ0) is 35.3. The molecule has 3 heterocycles. The van der Waals surface area contributed by atoms with Crippen molar-refractivity contribution in [3.63, 3.8) is 0 Å². The Labute approximate surface area is 311 Å². The van der Waals surface area contributed by atoms with Crippen LogP contribution in [0, 0.1) is 0 Å². The Bertz CT molecular complexity index is 3300. The van der Waals surface area contributed by atoms with Gasteiger partial charge in [0.1, 0.15) is 0 Å². The summed E-state index contributed by atoms with van der Waals surface area (Å²) in [5.41, 5.74) is 17.0. The summed E-state index contributed by atoms with van der Waals surface area (Å²) in [7, 11) is 0. The van der Waals surface area contributed by atoms with E-state index in [4.69, 9.17) is 4.98 Å². The van der Waals surface area contributed by atoms with Gasteiger partial charge in [-0.25, -0.2) is 0 Å². The quantitative estimate of drug-likeness (QED) is 0.181. The predicted molar refractivity (Wildman–Crippen MR) is 226 cm³/mol. The monoisotopic (exact) mass is 685 g/mol. The summed E-state index contributed by atoms with van der Waals surface area (Å²) in [6, 6.07) is 64.3. The molecule has 3 nitrogen and oxygen atoms in total. The van der Waals surface area contributed by atoms with Crippen molar-refractivity contribution >= 4 is 54.4 Å². The normalized spacial score (nSPS) is 12.1. The van der Waals surface area contributed by atoms with Crippen LogP contribution < -0.4 is 0 Å². The molecular weight excluding hydrogens is 655 g/mol. The average Bonchev–Trinajstić information content (AvgIpc) is 3.87. The molecule has 3 heteroatoms. The van der Waals surface area contributed by atoms with Gasteiger partial charge in [0, 0.05) is 56.0 Å². The van der Waals surface area contributed by atoms with Gasteiger partial charge in [-0.15, -0.1) is 0 Å². The Kier molecular flexibility index (Phi) is 6.05. The van der Waals surface area contributed by atoms with Gasteiger partial charge in [-0.3, -0.25) is 4.98 Å². The lowest BCUT2D eigenvalue weighted by Crippen LogP contribution is -1.96. The molecule has 3 aromatic heterocycles. The van der Waals surface area contributed by atoms with Gasteiger partial charge >= 0.3 is 0 Å². The first-order valence-electron chi connectivity index (χ1n) is 18.5. The fourth-order valence-electron chi connectivity index (χ4n) is 9.15. The van der Waals surface area contributed by atoms with E-state index in [2.05, 4.69) is 185 Å². The molecule has 1 aliphatic rings. The van der Waals surface area contributed by atoms with Crippen molar-refractivity contribution in [2.24, 2.45) is 0 Å². The molecule has 0 radical (unpaired) electrons. The second-order valence-electron chi connectivity index (χ2n) is 14.4. The number of hydrogen-bond acceptors (Lipinski definition) is 1. The van der Waals surface area contributed by atoms with Gasteiger partial charge in [0.2, 0.25) is 0 Å². The fourth-order valence-corrected chi connectivity index (χ4v) is 9.15. The van der Waals surface area contributed by atoms with Crippen molar-refractivity contribution < 1.29 is 0 Å². The minimum Gasteiger partial charge on any atom is -0.309 e. The predicted octanol–water partition coefficient (Wildman–Crippen LogP) is 13.4. The minimum absolute atomic E-state index is 1.15. The Morgan fingerprint density at radius 2 is 0.889 bits per heavy atom. The van der Waals surface area contributed by atoms with E-state index in [1.165, 1.54) is 98.9 Å². The molecule has 0 amide bonds. The van der Waals surface area contributed by atoms with Gasteiger partial charge in [0.15, 0.2) is 0 Å². The van der Waals surface area contributed by atoms with E-state index < -0.39 is 0 Å². The molecule has 250 valence electrons. The van der Waals surface area contributed by atoms with Crippen molar-refractivity contribution in [1.82, 2.24) is 14.1 Å². The van der Waals surface area contributed by atoms with Gasteiger partial charge < -0.3 is 9.13 Å². The van der Waals surface area contributed by atoms with Crippen LogP contribution in [0.1, 0.15) is 0 Å². The van der Waals surface area contributed by atoms with Gasteiger partial charge in [-0.05, 0) is 93.5 Å². The van der Waals surface area contributed by atoms with Crippen LogP contribution in [0.4, 0.5) is 0 Å². The molecule has 0 spiro atoms. The molecule has 12 rings (SSSR count). The molecule has 0 N–H and O–H groups in total. The van der Waals surface area contributed by atoms with E-state index in [0.29, 0.717) is 0 Å². The number of nitrogens with zero attached hydrogens (tertiary/aromatic N) is 3. The first-order chi connectivity index (χ1) is 26.8. The zero-order valence-electron chi connectivity index (χ0n) is 29.2. The smallest absolute Gasteiger partial charge is 0.0556 e. The number of para-hydroxylation sites is 2. The molecule has 8 aromatic carbocycles. The standard InChI is InChI=1S/C51H31N3/c1-2-11-32(12-3-1)33-13-10-14-36(27-33)53-46-19-8-6-17-39(46)42-28-34(21-24-48(42)53)35-22-25-49-43(29-35)40-18-7-9-20-47(40)54(49)50-26-23-41-37-15-4-5-16-38(37)44-30-52-31-45(50)51(41)44/h1-31H. The first-order valence-corrected chi connectivity index (χ1v) is 18.5. The molecule has 1 aliphatic carbocycles. The van der Waals surface area contributed by atoms with Gasteiger partial charge in [0.25, 0.3) is 0 Å². The SMILES string of the molecule is c1ccc(-c2cccc(-n3c4ccccc4c4cc(-c5ccc6c(c5)c5ccccc5n6-c5ccc6c7c(cncc57)-c5ccccc5-6)ccc43)c2)cc1. The maximum Gasteiger partial charge on any atom is 0.0556 e. The molecule has 0 bridgehead atoms. The second-order valence-corrected chi connectivity index (χ2v) is 14.4. The molecule has 0 saturated carbocycles. The summed E-state index contributed by atoms with van der Waals surface area (Å²) in [4.78, 5) is 4.77. The number of fused-ring (bicyclic) bond motifs is 9. The lowest BCUT2D eigenvalue weighted by atomic mass is 10.0. The first kappa shape index (κ1) is 29.4. The highest BCUT2D eigenvalue weighted by Crippen LogP contribution is 2.49. The summed E-state index contributed by atoms with van der Waals surface area (Å²) >= 11 is 0. The van der Waals surface area contributed by atoms with Crippen LogP contribution in [-0.2, 0) is 0 Å². The van der Waals surface area contributed by atoms with E-state index in [9.17, 15) is 0 Å². The molecule has 0 saturated heterocycles. The van der Waals surface area contributed by atoms with Crippen LogP contribution >= 0.6 is 0 Å². The van der Waals surface area contributed by atoms with Crippen LogP contribution in [0.2, 0.25) is 0 Å². The van der Waals surface area contributed by atoms with E-state index in [1.807, 2.05) is 12.4 Å². The molecule has 0 atom stereocenters. The Morgan fingerprint density at radius 1 is 0.315 bits per heavy atom. The molecule has 11 aromatic rings. The summed E-state index contributed by atoms with van der Waals surface area (Å²) in [6.45, 7) is 0. The number of benzene rings is 8. The van der Waals surface area contributed by atoms with Crippen LogP contribution in [-0.4, -0.2) is 14.1 Å². The van der Waals surface area contributed by atoms with Gasteiger partial charge in [-0.1, -0.05) is 121 Å². The van der Waals surface area contributed by atoms with Crippen LogP contribution in [0.5, 0.6) is 0 Å². The topological polar surface area (TPSA) is 22.8 Å². The highest BCUT2D eigenvalue weighted by molar-refractivity contribution is 6.19. The maximum atomic E-state index is 4.77. The zero-order valence-corrected chi connectivity index (χ0v) is 29.2. The average molecular weight is 686 g/mol. The van der Waals surface area contributed by atoms with Crippen molar-refractivity contribution in [1.29, 1.82) is 0 Å². The van der Waals surface area contributed by atoms with E-state index in [0.717, 1.165) is 11.4 Å². The lowest BCUT2D eigenvalue weighted by molar-refractivity contribution is 1.18. The van der Waals surface area contributed by atoms with Gasteiger partial charge in [0.05, 0.1) is 27.8 Å². The van der Waals surface area contributed by atoms with Crippen LogP contribution in [0.15, 0.2) is 188 Å². The second kappa shape index (κ2) is 11.1. The highest BCUT2D eigenvalue weighted by Gasteiger charge is 2.24. The molecule has 0 fully saturated rings. The summed E-state index contributed by atoms with van der Waals surface area (Å²) < 4.78 is 4.84. The summed E-state index contributed by atoms with van der Waals surface area (Å²) in [6.07, 6.45) is 4.07. The number of rotatable bonds is 4. The lowest BCUT2D eigenvalue weighted by Gasteiger charge is -2.13. The molecule has 0 unspecified atom stereocenters. The van der Waals surface area contributed by atoms with Gasteiger partial charge in [-0.2, -0.15) is 0 Å². The molecule has 0 aliphatic heterocycles. The summed E-state index contributed by atoms with van der Waals surface area (Å²) in [5.74, 6) is 0. The number of aromatic nitrogens is 3. The van der Waals surface area contributed by atoms with E-state index in [1.54, 1.807) is 0 Å². The maximum absolute atomic E-state index is 4.77. The van der Waals surface area contributed by atoms with Crippen molar-refractivity contribution in [2.45, 2.75) is 0 Å². The number of pyridine rings is 1. The summed E-state index contributed by atoms with van der Waals surface area (Å²) in [5, 5.41) is 7.43. The van der Waals surface area contributed by atoms with Crippen LogP contribution in [0.25, 0.3) is 110 Å². The van der Waals surface area contributed by atoms with Crippen molar-refractivity contribution in [3.8, 4) is 55.9 Å². The van der Waals surface area contributed by atoms with Crippen molar-refractivity contribution in [2.75, 3.05) is 0 Å². The molecule has 54 heavy (non-hydrogen) atoms. The van der Waals surface area contributed by atoms with Crippen LogP contribution in [0.3, 0.4) is 0 Å². The van der Waals surface area contributed by atoms with E-state index >= 15 is 0 Å². The van der Waals surface area contributed by atoms with E-state index in [-0.39, 0.29) is 0 Å². The highest BCUT2D eigenvalue weighted by atomic mass is 15.0. The third kappa shape index (κ3) is 4.09. The third-order valence-corrected chi connectivity index (χ3v) is 11.5. The van der Waals surface area contributed by atoms with Crippen molar-refractivity contribution in [3.05, 3.63) is 188 Å². The molecular formula is C51H31N3. The fraction of sp³-hybridized carbons (Fsp3) is 0. The Hall–Kier alpha value is -7.23. The largest absolute Gasteiger partial charge is 0.309 e. The Balaban J connectivity index is 1.03. The number of hydrogen-bond donors (Lipinski definition) is 0. The minimum atomic E-state index is 1.15. The Morgan fingerprint density at radius 3 is 1.63 bits per heavy atom.